The molecule has 3 heterocycles. The lowest BCUT2D eigenvalue weighted by Gasteiger charge is -2.21. The molecular weight excluding hydrogens is 402 g/mol. The molecule has 0 atom stereocenters. The molecule has 0 aromatic carbocycles. The highest BCUT2D eigenvalue weighted by Crippen LogP contribution is 2.36. The number of amides is 1. The van der Waals surface area contributed by atoms with Gasteiger partial charge in [-0.3, -0.25) is 14.7 Å². The third kappa shape index (κ3) is 4.77. The summed E-state index contributed by atoms with van der Waals surface area (Å²) >= 11 is 1.29. The lowest BCUT2D eigenvalue weighted by molar-refractivity contribution is -0.117. The minimum absolute atomic E-state index is 0.163. The number of rotatable bonds is 9. The molecule has 3 aromatic heterocycles. The van der Waals surface area contributed by atoms with Crippen LogP contribution in [0.1, 0.15) is 35.7 Å². The number of aromatic nitrogens is 1. The van der Waals surface area contributed by atoms with E-state index in [0.717, 1.165) is 18.4 Å². The Hall–Kier alpha value is -2.97. The number of hydrogen-bond acceptors (Lipinski definition) is 7. The zero-order valence-corrected chi connectivity index (χ0v) is 17.5. The third-order valence-electron chi connectivity index (χ3n) is 4.83. The first-order valence-electron chi connectivity index (χ1n) is 9.91. The Morgan fingerprint density at radius 1 is 1.33 bits per heavy atom. The molecule has 1 saturated carbocycles. The van der Waals surface area contributed by atoms with Gasteiger partial charge in [0.15, 0.2) is 0 Å². The Morgan fingerprint density at radius 2 is 2.20 bits per heavy atom. The van der Waals surface area contributed by atoms with Crippen molar-refractivity contribution in [1.82, 2.24) is 9.88 Å². The molecule has 156 valence electrons. The molecule has 1 fully saturated rings. The number of carbonyl (C=O) groups excluding carboxylic acids is 2. The highest BCUT2D eigenvalue weighted by molar-refractivity contribution is 7.15. The van der Waals surface area contributed by atoms with Gasteiger partial charge in [-0.2, -0.15) is 0 Å². The summed E-state index contributed by atoms with van der Waals surface area (Å²) in [6.07, 6.45) is 7.28. The van der Waals surface area contributed by atoms with Crippen molar-refractivity contribution in [1.29, 1.82) is 0 Å². The van der Waals surface area contributed by atoms with E-state index in [0.29, 0.717) is 34.5 Å². The molecule has 1 aliphatic rings. The maximum atomic E-state index is 12.8. The van der Waals surface area contributed by atoms with Gasteiger partial charge in [0.1, 0.15) is 16.3 Å². The molecular formula is C22H23N3O4S. The maximum Gasteiger partial charge on any atom is 0.341 e. The van der Waals surface area contributed by atoms with Crippen molar-refractivity contribution in [3.05, 3.63) is 59.4 Å². The first-order valence-corrected chi connectivity index (χ1v) is 10.8. The minimum atomic E-state index is -0.477. The third-order valence-corrected chi connectivity index (χ3v) is 5.72. The molecule has 1 amide bonds. The van der Waals surface area contributed by atoms with Gasteiger partial charge in [-0.15, -0.1) is 11.3 Å². The maximum absolute atomic E-state index is 12.8. The highest BCUT2D eigenvalue weighted by Gasteiger charge is 2.31. The van der Waals surface area contributed by atoms with Gasteiger partial charge in [0, 0.05) is 35.9 Å². The van der Waals surface area contributed by atoms with Crippen LogP contribution in [0, 0.1) is 0 Å². The number of anilines is 1. The van der Waals surface area contributed by atoms with E-state index in [4.69, 9.17) is 9.15 Å². The van der Waals surface area contributed by atoms with Crippen molar-refractivity contribution < 1.29 is 18.7 Å². The largest absolute Gasteiger partial charge is 0.464 e. The fraction of sp³-hybridized carbons (Fsp3) is 0.318. The molecule has 3 aromatic rings. The van der Waals surface area contributed by atoms with Crippen LogP contribution < -0.4 is 5.32 Å². The number of carbonyl (C=O) groups is 2. The number of ether oxygens (including phenoxy) is 1. The lowest BCUT2D eigenvalue weighted by Crippen LogP contribution is -2.34. The molecule has 0 unspecified atom stereocenters. The smallest absolute Gasteiger partial charge is 0.341 e. The standard InChI is InChI=1S/C22H23N3O4S/c1-2-28-22(27)20-17(18-6-4-10-29-18)14-30-21(20)24-19(26)13-25(16-7-8-16)12-15-5-3-9-23-11-15/h3-6,9-11,14,16H,2,7-8,12-13H2,1H3,(H,24,26). The molecule has 0 aliphatic heterocycles. The van der Waals surface area contributed by atoms with Crippen molar-refractivity contribution in [3.63, 3.8) is 0 Å². The van der Waals surface area contributed by atoms with Gasteiger partial charge in [0.05, 0.1) is 19.4 Å². The quantitative estimate of drug-likeness (QED) is 0.518. The second-order valence-electron chi connectivity index (χ2n) is 7.10. The van der Waals surface area contributed by atoms with Crippen LogP contribution >= 0.6 is 11.3 Å². The van der Waals surface area contributed by atoms with Crippen molar-refractivity contribution >= 4 is 28.2 Å². The summed E-state index contributed by atoms with van der Waals surface area (Å²) in [5.74, 6) is -0.0787. The fourth-order valence-corrected chi connectivity index (χ4v) is 4.25. The Balaban J connectivity index is 1.50. The SMILES string of the molecule is CCOC(=O)c1c(-c2ccco2)csc1NC(=O)CN(Cc1cccnc1)C1CC1. The summed E-state index contributed by atoms with van der Waals surface area (Å²) in [4.78, 5) is 31.7. The second-order valence-corrected chi connectivity index (χ2v) is 7.98. The van der Waals surface area contributed by atoms with E-state index in [1.807, 2.05) is 18.3 Å². The predicted octanol–water partition coefficient (Wildman–Crippen LogP) is 4.18. The molecule has 0 radical (unpaired) electrons. The van der Waals surface area contributed by atoms with Gasteiger partial charge >= 0.3 is 5.97 Å². The molecule has 7 nitrogen and oxygen atoms in total. The van der Waals surface area contributed by atoms with E-state index in [1.165, 1.54) is 11.3 Å². The Labute approximate surface area is 178 Å². The summed E-state index contributed by atoms with van der Waals surface area (Å²) in [6.45, 7) is 2.91. The van der Waals surface area contributed by atoms with Crippen LogP contribution in [-0.4, -0.2) is 41.0 Å². The molecule has 1 aliphatic carbocycles. The molecule has 30 heavy (non-hydrogen) atoms. The normalized spacial score (nSPS) is 13.4. The van der Waals surface area contributed by atoms with E-state index in [2.05, 4.69) is 15.2 Å². The first-order chi connectivity index (χ1) is 14.7. The van der Waals surface area contributed by atoms with Gasteiger partial charge in [0.2, 0.25) is 5.91 Å². The van der Waals surface area contributed by atoms with E-state index < -0.39 is 5.97 Å². The average Bonchev–Trinajstić information content (AvgIpc) is 3.28. The Kier molecular flexibility index (Phi) is 6.25. The molecule has 0 spiro atoms. The zero-order valence-electron chi connectivity index (χ0n) is 16.7. The molecule has 0 saturated heterocycles. The van der Waals surface area contributed by atoms with E-state index in [-0.39, 0.29) is 19.1 Å². The lowest BCUT2D eigenvalue weighted by atomic mass is 10.1. The average molecular weight is 426 g/mol. The summed E-state index contributed by atoms with van der Waals surface area (Å²) in [6, 6.07) is 7.84. The Bertz CT molecular complexity index is 997. The molecule has 8 heteroatoms. The monoisotopic (exact) mass is 425 g/mol. The van der Waals surface area contributed by atoms with Gasteiger partial charge in [-0.25, -0.2) is 4.79 Å². The van der Waals surface area contributed by atoms with Crippen LogP contribution in [0.5, 0.6) is 0 Å². The number of furan rings is 1. The minimum Gasteiger partial charge on any atom is -0.464 e. The van der Waals surface area contributed by atoms with E-state index in [1.54, 1.807) is 36.9 Å². The number of hydrogen-bond donors (Lipinski definition) is 1. The summed E-state index contributed by atoms with van der Waals surface area (Å²) in [7, 11) is 0. The Morgan fingerprint density at radius 3 is 2.87 bits per heavy atom. The van der Waals surface area contributed by atoms with Gasteiger partial charge < -0.3 is 14.5 Å². The molecule has 1 N–H and O–H groups in total. The number of thiophene rings is 1. The van der Waals surface area contributed by atoms with Gasteiger partial charge in [0.25, 0.3) is 0 Å². The van der Waals surface area contributed by atoms with Crippen LogP contribution in [0.25, 0.3) is 11.3 Å². The highest BCUT2D eigenvalue weighted by atomic mass is 32.1. The summed E-state index contributed by atoms with van der Waals surface area (Å²) in [5, 5.41) is 5.19. The van der Waals surface area contributed by atoms with Crippen molar-refractivity contribution in [2.45, 2.75) is 32.4 Å². The number of nitrogens with zero attached hydrogens (tertiary/aromatic N) is 2. The number of pyridine rings is 1. The fourth-order valence-electron chi connectivity index (χ4n) is 3.30. The number of esters is 1. The van der Waals surface area contributed by atoms with Crippen LogP contribution in [0.3, 0.4) is 0 Å². The topological polar surface area (TPSA) is 84.7 Å². The summed E-state index contributed by atoms with van der Waals surface area (Å²) in [5.41, 5.74) is 2.02. The van der Waals surface area contributed by atoms with E-state index >= 15 is 0 Å². The van der Waals surface area contributed by atoms with Gasteiger partial charge in [-0.05, 0) is 43.5 Å². The van der Waals surface area contributed by atoms with Crippen LogP contribution in [0.4, 0.5) is 5.00 Å². The van der Waals surface area contributed by atoms with Crippen molar-refractivity contribution in [3.8, 4) is 11.3 Å². The van der Waals surface area contributed by atoms with Crippen LogP contribution in [0.2, 0.25) is 0 Å². The molecule has 0 bridgehead atoms. The summed E-state index contributed by atoms with van der Waals surface area (Å²) < 4.78 is 10.7. The van der Waals surface area contributed by atoms with Crippen LogP contribution in [-0.2, 0) is 16.1 Å². The predicted molar refractivity (Wildman–Crippen MR) is 114 cm³/mol. The van der Waals surface area contributed by atoms with Crippen molar-refractivity contribution in [2.24, 2.45) is 0 Å². The van der Waals surface area contributed by atoms with Crippen LogP contribution in [0.15, 0.2) is 52.7 Å². The van der Waals surface area contributed by atoms with E-state index in [9.17, 15) is 9.59 Å². The number of nitrogens with one attached hydrogen (secondary N) is 1. The second kappa shape index (κ2) is 9.23. The zero-order chi connectivity index (χ0) is 20.9. The first kappa shape index (κ1) is 20.3. The molecule has 4 rings (SSSR count). The van der Waals surface area contributed by atoms with Crippen molar-refractivity contribution in [2.75, 3.05) is 18.5 Å². The van der Waals surface area contributed by atoms with Gasteiger partial charge in [-0.1, -0.05) is 6.07 Å².